The van der Waals surface area contributed by atoms with E-state index in [1.165, 1.54) is 11.3 Å². The van der Waals surface area contributed by atoms with Crippen LogP contribution in [0.25, 0.3) is 10.2 Å². The van der Waals surface area contributed by atoms with Gasteiger partial charge in [-0.1, -0.05) is 17.7 Å². The van der Waals surface area contributed by atoms with Crippen LogP contribution in [0.2, 0.25) is 5.02 Å². The summed E-state index contributed by atoms with van der Waals surface area (Å²) in [5.41, 5.74) is 9.84. The summed E-state index contributed by atoms with van der Waals surface area (Å²) in [6.45, 7) is 0. The molecule has 1 amide bonds. The average Bonchev–Trinajstić information content (AvgIpc) is 2.89. The number of anilines is 2. The zero-order valence-corrected chi connectivity index (χ0v) is 11.8. The predicted molar refractivity (Wildman–Crippen MR) is 83.4 cm³/mol. The molecule has 0 aliphatic carbocycles. The normalized spacial score (nSPS) is 10.7. The molecule has 0 saturated carbocycles. The first-order valence-electron chi connectivity index (χ1n) is 5.84. The van der Waals surface area contributed by atoms with Crippen molar-refractivity contribution < 1.29 is 4.79 Å². The van der Waals surface area contributed by atoms with Crippen molar-refractivity contribution in [3.63, 3.8) is 0 Å². The quantitative estimate of drug-likeness (QED) is 0.708. The summed E-state index contributed by atoms with van der Waals surface area (Å²) in [7, 11) is 0. The Morgan fingerprint density at radius 3 is 3.00 bits per heavy atom. The Balaban J connectivity index is 1.90. The molecule has 0 spiro atoms. The fourth-order valence-electron chi connectivity index (χ4n) is 1.87. The van der Waals surface area contributed by atoms with Gasteiger partial charge in [0.05, 0.1) is 32.0 Å². The molecular weight excluding hydrogens is 294 g/mol. The third-order valence-electron chi connectivity index (χ3n) is 2.89. The summed E-state index contributed by atoms with van der Waals surface area (Å²) in [4.78, 5) is 16.4. The van der Waals surface area contributed by atoms with Gasteiger partial charge in [-0.3, -0.25) is 4.79 Å². The number of halogens is 1. The standard InChI is InChI=1S/C14H10ClN3OS/c15-10-3-1-2-9(13(10)16)14(19)18-8-4-5-11-12(6-8)20-7-17-11/h1-7H,16H2,(H,18,19). The first kappa shape index (κ1) is 12.9. The Morgan fingerprint density at radius 2 is 2.15 bits per heavy atom. The van der Waals surface area contributed by atoms with E-state index in [1.807, 2.05) is 12.1 Å². The second kappa shape index (κ2) is 5.11. The number of thiazole rings is 1. The van der Waals surface area contributed by atoms with Crippen LogP contribution in [-0.2, 0) is 0 Å². The van der Waals surface area contributed by atoms with Crippen LogP contribution in [0.15, 0.2) is 41.9 Å². The third kappa shape index (κ3) is 2.33. The number of hydrogen-bond donors (Lipinski definition) is 2. The summed E-state index contributed by atoms with van der Waals surface area (Å²) < 4.78 is 1.02. The van der Waals surface area contributed by atoms with E-state index in [9.17, 15) is 4.79 Å². The molecule has 0 aliphatic rings. The maximum atomic E-state index is 12.2. The van der Waals surface area contributed by atoms with Gasteiger partial charge in [0.15, 0.2) is 0 Å². The molecule has 3 N–H and O–H groups in total. The van der Waals surface area contributed by atoms with Gasteiger partial charge < -0.3 is 11.1 Å². The van der Waals surface area contributed by atoms with Crippen molar-refractivity contribution in [2.24, 2.45) is 0 Å². The van der Waals surface area contributed by atoms with Crippen LogP contribution in [0.3, 0.4) is 0 Å². The topological polar surface area (TPSA) is 68.0 Å². The first-order chi connectivity index (χ1) is 9.65. The number of nitrogen functional groups attached to an aromatic ring is 1. The van der Waals surface area contributed by atoms with Crippen molar-refractivity contribution in [2.45, 2.75) is 0 Å². The molecule has 0 unspecified atom stereocenters. The Morgan fingerprint density at radius 1 is 1.30 bits per heavy atom. The molecule has 0 atom stereocenters. The maximum Gasteiger partial charge on any atom is 0.257 e. The van der Waals surface area contributed by atoms with E-state index in [-0.39, 0.29) is 11.6 Å². The Kier molecular flexibility index (Phi) is 3.30. The average molecular weight is 304 g/mol. The lowest BCUT2D eigenvalue weighted by atomic mass is 10.1. The molecule has 3 aromatic rings. The Bertz CT molecular complexity index is 800. The zero-order valence-electron chi connectivity index (χ0n) is 10.3. The molecule has 3 rings (SSSR count). The van der Waals surface area contributed by atoms with Gasteiger partial charge in [0.2, 0.25) is 0 Å². The van der Waals surface area contributed by atoms with Gasteiger partial charge in [0.1, 0.15) is 0 Å². The highest BCUT2D eigenvalue weighted by Gasteiger charge is 2.12. The molecule has 0 bridgehead atoms. The zero-order chi connectivity index (χ0) is 14.1. The molecule has 0 saturated heterocycles. The molecule has 0 radical (unpaired) electrons. The number of para-hydroxylation sites is 1. The lowest BCUT2D eigenvalue weighted by molar-refractivity contribution is 0.102. The molecule has 0 fully saturated rings. The van der Waals surface area contributed by atoms with Crippen molar-refractivity contribution in [3.05, 3.63) is 52.5 Å². The number of amides is 1. The minimum absolute atomic E-state index is 0.283. The summed E-state index contributed by atoms with van der Waals surface area (Å²) in [5.74, 6) is -0.283. The van der Waals surface area contributed by atoms with Crippen molar-refractivity contribution in [1.82, 2.24) is 4.98 Å². The Labute approximate surface area is 124 Å². The van der Waals surface area contributed by atoms with Gasteiger partial charge in [-0.05, 0) is 30.3 Å². The number of nitrogens with two attached hydrogens (primary N) is 1. The number of aromatic nitrogens is 1. The summed E-state index contributed by atoms with van der Waals surface area (Å²) in [6, 6.07) is 10.5. The minimum Gasteiger partial charge on any atom is -0.397 e. The largest absolute Gasteiger partial charge is 0.397 e. The fraction of sp³-hybridized carbons (Fsp3) is 0. The van der Waals surface area contributed by atoms with Gasteiger partial charge in [0, 0.05) is 5.69 Å². The van der Waals surface area contributed by atoms with Crippen LogP contribution in [-0.4, -0.2) is 10.9 Å². The van der Waals surface area contributed by atoms with Crippen LogP contribution in [0, 0.1) is 0 Å². The maximum absolute atomic E-state index is 12.2. The monoisotopic (exact) mass is 303 g/mol. The minimum atomic E-state index is -0.283. The van der Waals surface area contributed by atoms with Crippen molar-refractivity contribution in [2.75, 3.05) is 11.1 Å². The third-order valence-corrected chi connectivity index (χ3v) is 4.01. The van der Waals surface area contributed by atoms with Crippen LogP contribution in [0.4, 0.5) is 11.4 Å². The highest BCUT2D eigenvalue weighted by atomic mass is 35.5. The lowest BCUT2D eigenvalue weighted by Gasteiger charge is -2.08. The van der Waals surface area contributed by atoms with Gasteiger partial charge in [-0.25, -0.2) is 4.98 Å². The predicted octanol–water partition coefficient (Wildman–Crippen LogP) is 3.78. The number of fused-ring (bicyclic) bond motifs is 1. The van der Waals surface area contributed by atoms with E-state index in [0.29, 0.717) is 16.3 Å². The number of nitrogens with zero attached hydrogens (tertiary/aromatic N) is 1. The SMILES string of the molecule is Nc1c(Cl)cccc1C(=O)Nc1ccc2ncsc2c1. The molecule has 4 nitrogen and oxygen atoms in total. The summed E-state index contributed by atoms with van der Waals surface area (Å²) in [5, 5.41) is 3.18. The van der Waals surface area contributed by atoms with E-state index < -0.39 is 0 Å². The van der Waals surface area contributed by atoms with E-state index in [2.05, 4.69) is 10.3 Å². The van der Waals surface area contributed by atoms with Crippen LogP contribution in [0.1, 0.15) is 10.4 Å². The fourth-order valence-corrected chi connectivity index (χ4v) is 2.76. The lowest BCUT2D eigenvalue weighted by Crippen LogP contribution is -2.14. The summed E-state index contributed by atoms with van der Waals surface area (Å²) in [6.07, 6.45) is 0. The van der Waals surface area contributed by atoms with Crippen LogP contribution >= 0.6 is 22.9 Å². The molecule has 1 heterocycles. The molecule has 6 heteroatoms. The Hall–Kier alpha value is -2.11. The van der Waals surface area contributed by atoms with Gasteiger partial charge in [-0.15, -0.1) is 11.3 Å². The highest BCUT2D eigenvalue weighted by molar-refractivity contribution is 7.16. The van der Waals surface area contributed by atoms with Gasteiger partial charge in [-0.2, -0.15) is 0 Å². The summed E-state index contributed by atoms with van der Waals surface area (Å²) >= 11 is 7.43. The first-order valence-corrected chi connectivity index (χ1v) is 7.09. The van der Waals surface area contributed by atoms with Crippen molar-refractivity contribution in [1.29, 1.82) is 0 Å². The second-order valence-electron chi connectivity index (χ2n) is 4.19. The van der Waals surface area contributed by atoms with Crippen LogP contribution < -0.4 is 11.1 Å². The van der Waals surface area contributed by atoms with E-state index >= 15 is 0 Å². The molecule has 0 aliphatic heterocycles. The number of benzene rings is 2. The van der Waals surface area contributed by atoms with E-state index in [0.717, 1.165) is 10.2 Å². The molecule has 20 heavy (non-hydrogen) atoms. The van der Waals surface area contributed by atoms with Crippen LogP contribution in [0.5, 0.6) is 0 Å². The number of nitrogens with one attached hydrogen (secondary N) is 1. The molecule has 2 aromatic carbocycles. The van der Waals surface area contributed by atoms with Crippen molar-refractivity contribution in [3.8, 4) is 0 Å². The molecule has 100 valence electrons. The highest BCUT2D eigenvalue weighted by Crippen LogP contribution is 2.25. The number of rotatable bonds is 2. The smallest absolute Gasteiger partial charge is 0.257 e. The molecule has 1 aromatic heterocycles. The number of carbonyl (C=O) groups excluding carboxylic acids is 1. The van der Waals surface area contributed by atoms with E-state index in [4.69, 9.17) is 17.3 Å². The van der Waals surface area contributed by atoms with Gasteiger partial charge in [0.25, 0.3) is 5.91 Å². The number of carbonyl (C=O) groups is 1. The molecular formula is C14H10ClN3OS. The van der Waals surface area contributed by atoms with E-state index in [1.54, 1.807) is 29.8 Å². The van der Waals surface area contributed by atoms with Gasteiger partial charge >= 0.3 is 0 Å². The number of hydrogen-bond acceptors (Lipinski definition) is 4. The van der Waals surface area contributed by atoms with Crippen molar-refractivity contribution >= 4 is 50.4 Å². The second-order valence-corrected chi connectivity index (χ2v) is 5.48.